The summed E-state index contributed by atoms with van der Waals surface area (Å²) < 4.78 is 0. The summed E-state index contributed by atoms with van der Waals surface area (Å²) in [4.78, 5) is 0. The minimum Gasteiger partial charge on any atom is -0.388 e. The molecule has 1 nitrogen and oxygen atoms in total. The van der Waals surface area contributed by atoms with E-state index in [1.54, 1.807) is 0 Å². The lowest BCUT2D eigenvalue weighted by Crippen LogP contribution is -2.27. The van der Waals surface area contributed by atoms with Crippen LogP contribution in [0, 0.1) is 5.41 Å². The monoisotopic (exact) mass is 410 g/mol. The van der Waals surface area contributed by atoms with Crippen LogP contribution in [0.5, 0.6) is 0 Å². The number of hydrogen-bond donors (Lipinski definition) is 1. The van der Waals surface area contributed by atoms with Gasteiger partial charge in [0.1, 0.15) is 0 Å². The Morgan fingerprint density at radius 3 is 1.68 bits per heavy atom. The summed E-state index contributed by atoms with van der Waals surface area (Å²) in [6, 6.07) is 25.6. The summed E-state index contributed by atoms with van der Waals surface area (Å²) in [6.45, 7) is 4.14. The molecule has 0 aliphatic rings. The number of aliphatic hydroxyl groups is 1. The average molecular weight is 411 g/mol. The van der Waals surface area contributed by atoms with Gasteiger partial charge < -0.3 is 5.11 Å². The van der Waals surface area contributed by atoms with Crippen LogP contribution in [-0.2, 0) is 12.8 Å². The number of aliphatic hydroxyl groups excluding tert-OH is 1. The first-order valence-corrected chi connectivity index (χ1v) is 10.1. The first-order chi connectivity index (χ1) is 13.5. The van der Waals surface area contributed by atoms with Crippen molar-refractivity contribution in [2.75, 3.05) is 0 Å². The Morgan fingerprint density at radius 2 is 1.25 bits per heavy atom. The normalized spacial score (nSPS) is 12.5. The Labute approximate surface area is 177 Å². The van der Waals surface area contributed by atoms with Crippen molar-refractivity contribution in [1.29, 1.82) is 0 Å². The van der Waals surface area contributed by atoms with Gasteiger partial charge in [0.2, 0.25) is 0 Å². The van der Waals surface area contributed by atoms with Crippen molar-refractivity contribution in [1.82, 2.24) is 0 Å². The van der Waals surface area contributed by atoms with Gasteiger partial charge in [0.25, 0.3) is 0 Å². The molecule has 1 N–H and O–H groups in total. The predicted octanol–water partition coefficient (Wildman–Crippen LogP) is 7.07. The topological polar surface area (TPSA) is 20.2 Å². The van der Waals surface area contributed by atoms with E-state index in [-0.39, 0.29) is 5.41 Å². The molecule has 28 heavy (non-hydrogen) atoms. The summed E-state index contributed by atoms with van der Waals surface area (Å²) in [5.74, 6) is 0. The van der Waals surface area contributed by atoms with Gasteiger partial charge in [-0.25, -0.2) is 0 Å². The maximum absolute atomic E-state index is 10.9. The van der Waals surface area contributed by atoms with Crippen LogP contribution in [0.25, 0.3) is 0 Å². The molecule has 3 heteroatoms. The molecule has 0 fully saturated rings. The van der Waals surface area contributed by atoms with E-state index >= 15 is 0 Å². The molecule has 0 bridgehead atoms. The number of benzene rings is 3. The quantitative estimate of drug-likeness (QED) is 0.393. The lowest BCUT2D eigenvalue weighted by Gasteiger charge is -2.33. The van der Waals surface area contributed by atoms with Gasteiger partial charge in [-0.05, 0) is 65.6 Å². The van der Waals surface area contributed by atoms with E-state index in [4.69, 9.17) is 23.2 Å². The molecule has 0 aromatic heterocycles. The molecule has 1 atom stereocenters. The maximum atomic E-state index is 10.9. The SMILES string of the molecule is C=CC(Cc1ccc(Cl)cc1)(Cc1ccc(Cl)cc1)CC(O)c1ccccc1. The first-order valence-electron chi connectivity index (χ1n) is 9.35. The highest BCUT2D eigenvalue weighted by molar-refractivity contribution is 6.30. The molecular formula is C25H24Cl2O. The smallest absolute Gasteiger partial charge is 0.0798 e. The summed E-state index contributed by atoms with van der Waals surface area (Å²) in [6.07, 6.45) is 3.52. The number of allylic oxidation sites excluding steroid dienone is 1. The molecule has 0 aliphatic heterocycles. The molecule has 0 spiro atoms. The van der Waals surface area contributed by atoms with Gasteiger partial charge in [0, 0.05) is 10.0 Å². The molecule has 0 amide bonds. The van der Waals surface area contributed by atoms with Crippen LogP contribution < -0.4 is 0 Å². The van der Waals surface area contributed by atoms with Crippen LogP contribution in [0.4, 0.5) is 0 Å². The highest BCUT2D eigenvalue weighted by Crippen LogP contribution is 2.38. The van der Waals surface area contributed by atoms with Gasteiger partial charge in [-0.2, -0.15) is 0 Å². The van der Waals surface area contributed by atoms with Crippen LogP contribution in [0.2, 0.25) is 10.0 Å². The Morgan fingerprint density at radius 1 is 0.786 bits per heavy atom. The summed E-state index contributed by atoms with van der Waals surface area (Å²) >= 11 is 12.1. The third kappa shape index (κ3) is 5.48. The fraction of sp³-hybridized carbons (Fsp3) is 0.200. The highest BCUT2D eigenvalue weighted by atomic mass is 35.5. The summed E-state index contributed by atoms with van der Waals surface area (Å²) in [5.41, 5.74) is 2.94. The Kier molecular flexibility index (Phi) is 6.96. The van der Waals surface area contributed by atoms with Crippen molar-refractivity contribution in [2.45, 2.75) is 25.4 Å². The van der Waals surface area contributed by atoms with E-state index in [0.29, 0.717) is 6.42 Å². The lowest BCUT2D eigenvalue weighted by molar-refractivity contribution is 0.118. The largest absolute Gasteiger partial charge is 0.388 e. The zero-order valence-corrected chi connectivity index (χ0v) is 17.2. The molecule has 0 radical (unpaired) electrons. The van der Waals surface area contributed by atoms with Gasteiger partial charge in [-0.3, -0.25) is 0 Å². The third-order valence-electron chi connectivity index (χ3n) is 5.16. The fourth-order valence-electron chi connectivity index (χ4n) is 3.63. The van der Waals surface area contributed by atoms with Crippen LogP contribution in [0.1, 0.15) is 29.2 Å². The van der Waals surface area contributed by atoms with Crippen molar-refractivity contribution in [2.24, 2.45) is 5.41 Å². The second kappa shape index (κ2) is 9.43. The Hall–Kier alpha value is -2.06. The molecule has 3 aromatic rings. The van der Waals surface area contributed by atoms with Crippen molar-refractivity contribution in [3.8, 4) is 0 Å². The average Bonchev–Trinajstić information content (AvgIpc) is 2.72. The molecular weight excluding hydrogens is 387 g/mol. The summed E-state index contributed by atoms with van der Waals surface area (Å²) in [7, 11) is 0. The number of hydrogen-bond acceptors (Lipinski definition) is 1. The van der Waals surface area contributed by atoms with E-state index in [1.165, 1.54) is 11.1 Å². The van der Waals surface area contributed by atoms with Crippen LogP contribution >= 0.6 is 23.2 Å². The molecule has 0 saturated carbocycles. The van der Waals surface area contributed by atoms with Gasteiger partial charge in [0.05, 0.1) is 6.10 Å². The molecule has 144 valence electrons. The second-order valence-electron chi connectivity index (χ2n) is 7.30. The van der Waals surface area contributed by atoms with E-state index in [9.17, 15) is 5.11 Å². The molecule has 3 aromatic carbocycles. The zero-order valence-electron chi connectivity index (χ0n) is 15.7. The lowest BCUT2D eigenvalue weighted by atomic mass is 9.72. The van der Waals surface area contributed by atoms with E-state index in [0.717, 1.165) is 28.5 Å². The van der Waals surface area contributed by atoms with Crippen molar-refractivity contribution >= 4 is 23.2 Å². The maximum Gasteiger partial charge on any atom is 0.0798 e. The molecule has 0 saturated heterocycles. The summed E-state index contributed by atoms with van der Waals surface area (Å²) in [5, 5.41) is 12.4. The predicted molar refractivity (Wildman–Crippen MR) is 119 cm³/mol. The second-order valence-corrected chi connectivity index (χ2v) is 8.18. The van der Waals surface area contributed by atoms with Crippen LogP contribution in [0.3, 0.4) is 0 Å². The molecule has 0 heterocycles. The number of rotatable bonds is 8. The van der Waals surface area contributed by atoms with E-state index in [2.05, 4.69) is 6.58 Å². The van der Waals surface area contributed by atoms with Gasteiger partial charge in [0.15, 0.2) is 0 Å². The van der Waals surface area contributed by atoms with Crippen LogP contribution in [0.15, 0.2) is 91.5 Å². The van der Waals surface area contributed by atoms with Gasteiger partial charge in [-0.15, -0.1) is 6.58 Å². The molecule has 0 aliphatic carbocycles. The van der Waals surface area contributed by atoms with Crippen molar-refractivity contribution < 1.29 is 5.11 Å². The van der Waals surface area contributed by atoms with E-state index < -0.39 is 6.10 Å². The van der Waals surface area contributed by atoms with Crippen molar-refractivity contribution in [3.05, 3.63) is 118 Å². The Balaban J connectivity index is 1.91. The highest BCUT2D eigenvalue weighted by Gasteiger charge is 2.31. The Bertz CT molecular complexity index is 839. The minimum absolute atomic E-state index is 0.309. The first kappa shape index (κ1) is 20.7. The standard InChI is InChI=1S/C25H24Cl2O/c1-2-25(16-19-8-12-22(26)13-9-19,17-20-10-14-23(27)15-11-20)18-24(28)21-6-4-3-5-7-21/h2-15,24,28H,1,16-18H2. The van der Waals surface area contributed by atoms with E-state index in [1.807, 2.05) is 84.9 Å². The zero-order chi connectivity index (χ0) is 20.0. The fourth-order valence-corrected chi connectivity index (χ4v) is 3.88. The van der Waals surface area contributed by atoms with Gasteiger partial charge in [-0.1, -0.05) is 83.9 Å². The molecule has 3 rings (SSSR count). The minimum atomic E-state index is -0.571. The van der Waals surface area contributed by atoms with Crippen molar-refractivity contribution in [3.63, 3.8) is 0 Å². The van der Waals surface area contributed by atoms with Gasteiger partial charge >= 0.3 is 0 Å². The number of halogens is 2. The third-order valence-corrected chi connectivity index (χ3v) is 5.66. The van der Waals surface area contributed by atoms with Crippen LogP contribution in [-0.4, -0.2) is 5.11 Å². The molecule has 1 unspecified atom stereocenters.